The maximum atomic E-state index is 12.8. The molecule has 0 radical (unpaired) electrons. The van der Waals surface area contributed by atoms with Gasteiger partial charge in [0.2, 0.25) is 0 Å². The Balaban J connectivity index is 1.73. The van der Waals surface area contributed by atoms with Crippen LogP contribution in [-0.4, -0.2) is 15.4 Å². The van der Waals surface area contributed by atoms with Crippen molar-refractivity contribution >= 4 is 40.9 Å². The van der Waals surface area contributed by atoms with Gasteiger partial charge in [-0.2, -0.15) is 17.5 Å². The van der Waals surface area contributed by atoms with Crippen LogP contribution in [0.5, 0.6) is 0 Å². The average molecular weight is 430 g/mol. The van der Waals surface area contributed by atoms with E-state index in [1.54, 1.807) is 30.3 Å². The van der Waals surface area contributed by atoms with E-state index in [0.29, 0.717) is 21.1 Å². The van der Waals surface area contributed by atoms with E-state index in [4.69, 9.17) is 11.6 Å². The summed E-state index contributed by atoms with van der Waals surface area (Å²) in [4.78, 5) is 12.3. The molecule has 0 saturated heterocycles. The Morgan fingerprint density at radius 2 is 1.89 bits per heavy atom. The summed E-state index contributed by atoms with van der Waals surface area (Å²) >= 11 is 8.11. The summed E-state index contributed by atoms with van der Waals surface area (Å²) in [5, 5.41) is 9.19. The van der Waals surface area contributed by atoms with Gasteiger partial charge in [0, 0.05) is 10.6 Å². The number of hydrogen-bond acceptors (Lipinski definition) is 4. The fourth-order valence-electron chi connectivity index (χ4n) is 2.33. The van der Waals surface area contributed by atoms with Crippen molar-refractivity contribution in [3.63, 3.8) is 0 Å². The normalized spacial score (nSPS) is 11.6. The van der Waals surface area contributed by atoms with Crippen molar-refractivity contribution < 1.29 is 23.1 Å². The number of aromatic carboxylic acids is 1. The van der Waals surface area contributed by atoms with E-state index < -0.39 is 17.7 Å². The van der Waals surface area contributed by atoms with Crippen molar-refractivity contribution in [1.82, 2.24) is 4.37 Å². The van der Waals surface area contributed by atoms with Crippen LogP contribution in [0.4, 0.5) is 13.2 Å². The van der Waals surface area contributed by atoms with Crippen LogP contribution in [0.3, 0.4) is 0 Å². The molecule has 1 heterocycles. The number of benzene rings is 2. The van der Waals surface area contributed by atoms with Gasteiger partial charge in [-0.15, -0.1) is 11.8 Å². The average Bonchev–Trinajstić information content (AvgIpc) is 3.02. The largest absolute Gasteiger partial charge is 0.478 e. The molecule has 140 valence electrons. The van der Waals surface area contributed by atoms with E-state index in [1.807, 2.05) is 0 Å². The van der Waals surface area contributed by atoms with Crippen molar-refractivity contribution in [2.24, 2.45) is 0 Å². The fraction of sp³-hybridized carbons (Fsp3) is 0.111. The second-order valence-corrected chi connectivity index (χ2v) is 7.67. The number of aromatic nitrogens is 1. The molecule has 0 aliphatic rings. The Bertz CT molecular complexity index is 971. The topological polar surface area (TPSA) is 50.2 Å². The molecule has 3 rings (SSSR count). The Morgan fingerprint density at radius 1 is 1.19 bits per heavy atom. The lowest BCUT2D eigenvalue weighted by molar-refractivity contribution is -0.137. The van der Waals surface area contributed by atoms with Crippen LogP contribution in [0.25, 0.3) is 10.4 Å². The molecular weight excluding hydrogens is 419 g/mol. The van der Waals surface area contributed by atoms with E-state index in [-0.39, 0.29) is 10.7 Å². The number of carboxylic acids is 1. The van der Waals surface area contributed by atoms with E-state index in [9.17, 15) is 23.1 Å². The van der Waals surface area contributed by atoms with Gasteiger partial charge >= 0.3 is 12.1 Å². The van der Waals surface area contributed by atoms with Gasteiger partial charge < -0.3 is 5.11 Å². The van der Waals surface area contributed by atoms with Crippen molar-refractivity contribution in [3.8, 4) is 10.4 Å². The van der Waals surface area contributed by atoms with Crippen LogP contribution < -0.4 is 0 Å². The molecule has 0 aliphatic carbocycles. The second kappa shape index (κ2) is 7.92. The molecule has 0 atom stereocenters. The van der Waals surface area contributed by atoms with Gasteiger partial charge in [-0.25, -0.2) is 4.79 Å². The zero-order valence-electron chi connectivity index (χ0n) is 13.5. The minimum atomic E-state index is -4.36. The first-order chi connectivity index (χ1) is 12.8. The molecule has 3 nitrogen and oxygen atoms in total. The van der Waals surface area contributed by atoms with Crippen molar-refractivity contribution in [2.75, 3.05) is 0 Å². The van der Waals surface area contributed by atoms with Gasteiger partial charge in [0.1, 0.15) is 5.56 Å². The maximum absolute atomic E-state index is 12.8. The summed E-state index contributed by atoms with van der Waals surface area (Å²) in [5.74, 6) is -0.662. The molecule has 27 heavy (non-hydrogen) atoms. The van der Waals surface area contributed by atoms with Gasteiger partial charge in [0.05, 0.1) is 10.4 Å². The molecule has 1 N–H and O–H groups in total. The molecule has 0 saturated carbocycles. The Morgan fingerprint density at radius 3 is 2.52 bits per heavy atom. The van der Waals surface area contributed by atoms with Gasteiger partial charge in [-0.1, -0.05) is 41.9 Å². The summed E-state index contributed by atoms with van der Waals surface area (Å²) in [7, 11) is 0. The van der Waals surface area contributed by atoms with E-state index in [2.05, 4.69) is 4.37 Å². The summed E-state index contributed by atoms with van der Waals surface area (Å²) in [6, 6.07) is 12.3. The van der Waals surface area contributed by atoms with Crippen molar-refractivity contribution in [2.45, 2.75) is 16.8 Å². The SMILES string of the molecule is O=C(O)c1c(Cl)nsc1-c1ccc(CSc2cccc(C(F)(F)F)c2)cc1. The fourth-order valence-corrected chi connectivity index (χ4v) is 4.36. The van der Waals surface area contributed by atoms with Crippen LogP contribution in [0.1, 0.15) is 21.5 Å². The maximum Gasteiger partial charge on any atom is 0.416 e. The zero-order chi connectivity index (χ0) is 19.6. The number of alkyl halides is 3. The summed E-state index contributed by atoms with van der Waals surface area (Å²) in [5.41, 5.74) is 0.858. The molecule has 0 unspecified atom stereocenters. The first-order valence-electron chi connectivity index (χ1n) is 7.53. The summed E-state index contributed by atoms with van der Waals surface area (Å²) in [6.07, 6.45) is -4.36. The van der Waals surface area contributed by atoms with Gasteiger partial charge in [-0.05, 0) is 40.9 Å². The molecule has 2 aromatic carbocycles. The zero-order valence-corrected chi connectivity index (χ0v) is 15.8. The van der Waals surface area contributed by atoms with Crippen LogP contribution in [0.15, 0.2) is 53.4 Å². The highest BCUT2D eigenvalue weighted by molar-refractivity contribution is 7.98. The lowest BCUT2D eigenvalue weighted by Gasteiger charge is -2.09. The predicted octanol–water partition coefficient (Wildman–Crippen LogP) is 6.47. The Kier molecular flexibility index (Phi) is 5.78. The second-order valence-electron chi connectivity index (χ2n) is 5.49. The smallest absolute Gasteiger partial charge is 0.416 e. The number of carboxylic acid groups (broad SMARTS) is 1. The Labute approximate surface area is 166 Å². The predicted molar refractivity (Wildman–Crippen MR) is 101 cm³/mol. The third-order valence-electron chi connectivity index (χ3n) is 3.65. The first kappa shape index (κ1) is 19.7. The number of nitrogens with zero attached hydrogens (tertiary/aromatic N) is 1. The quantitative estimate of drug-likeness (QED) is 0.472. The molecule has 3 aromatic rings. The van der Waals surface area contributed by atoms with Gasteiger partial charge in [-0.3, -0.25) is 0 Å². The summed E-state index contributed by atoms with van der Waals surface area (Å²) in [6.45, 7) is 0. The van der Waals surface area contributed by atoms with E-state index >= 15 is 0 Å². The first-order valence-corrected chi connectivity index (χ1v) is 9.67. The minimum absolute atomic E-state index is 0.0345. The van der Waals surface area contributed by atoms with Crippen LogP contribution in [0.2, 0.25) is 5.15 Å². The van der Waals surface area contributed by atoms with Gasteiger partial charge in [0.15, 0.2) is 5.15 Å². The molecule has 0 amide bonds. The number of thioether (sulfide) groups is 1. The standard InChI is InChI=1S/C18H11ClF3NO2S2/c19-16-14(17(24)25)15(27-23-16)11-6-4-10(5-7-11)9-26-13-3-1-2-12(8-13)18(20,21)22/h1-8H,9H2,(H,24,25). The highest BCUT2D eigenvalue weighted by atomic mass is 35.5. The monoisotopic (exact) mass is 429 g/mol. The highest BCUT2D eigenvalue weighted by Gasteiger charge is 2.30. The molecule has 1 aromatic heterocycles. The van der Waals surface area contributed by atoms with E-state index in [1.165, 1.54) is 17.8 Å². The van der Waals surface area contributed by atoms with Gasteiger partial charge in [0.25, 0.3) is 0 Å². The number of halogens is 4. The molecular formula is C18H11ClF3NO2S2. The Hall–Kier alpha value is -2.03. The molecule has 0 aliphatic heterocycles. The van der Waals surface area contributed by atoms with Crippen molar-refractivity contribution in [1.29, 1.82) is 0 Å². The number of hydrogen-bond donors (Lipinski definition) is 1. The third-order valence-corrected chi connectivity index (χ3v) is 5.98. The van der Waals surface area contributed by atoms with Crippen LogP contribution >= 0.6 is 34.9 Å². The molecule has 0 spiro atoms. The lowest BCUT2D eigenvalue weighted by Crippen LogP contribution is -2.04. The molecule has 0 bridgehead atoms. The highest BCUT2D eigenvalue weighted by Crippen LogP contribution is 2.35. The lowest BCUT2D eigenvalue weighted by atomic mass is 10.1. The van der Waals surface area contributed by atoms with Crippen LogP contribution in [0, 0.1) is 0 Å². The molecule has 0 fully saturated rings. The minimum Gasteiger partial charge on any atom is -0.478 e. The molecule has 9 heteroatoms. The van der Waals surface area contributed by atoms with Crippen molar-refractivity contribution in [3.05, 3.63) is 70.4 Å². The van der Waals surface area contributed by atoms with Crippen LogP contribution in [-0.2, 0) is 11.9 Å². The number of carbonyl (C=O) groups is 1. The third kappa shape index (κ3) is 4.63. The summed E-state index contributed by atoms with van der Waals surface area (Å²) < 4.78 is 42.2. The number of rotatable bonds is 5. The van der Waals surface area contributed by atoms with E-state index in [0.717, 1.165) is 29.2 Å².